The molecule has 0 saturated heterocycles. The maximum absolute atomic E-state index is 13.3. The minimum atomic E-state index is -4.33. The molecular weight excluding hydrogens is 270 g/mol. The zero-order chi connectivity index (χ0) is 14.8. The molecule has 0 heterocycles. The molecule has 0 aliphatic heterocycles. The second-order valence-corrected chi connectivity index (χ2v) is 4.51. The van der Waals surface area contributed by atoms with Crippen LogP contribution in [0.4, 0.5) is 23.2 Å². The average Bonchev–Trinajstić information content (AvgIpc) is 2.40. The Morgan fingerprint density at radius 2 is 1.65 bits per heavy atom. The number of benzene rings is 2. The van der Waals surface area contributed by atoms with Crippen LogP contribution in [0.3, 0.4) is 0 Å². The van der Waals surface area contributed by atoms with Gasteiger partial charge in [-0.05, 0) is 48.4 Å². The molecule has 0 radical (unpaired) electrons. The molecule has 0 aromatic heterocycles. The molecule has 1 N–H and O–H groups in total. The molecule has 106 valence electrons. The number of nitrogens with one attached hydrogen (secondary N) is 1. The third-order valence-electron chi connectivity index (χ3n) is 2.95. The van der Waals surface area contributed by atoms with E-state index < -0.39 is 11.7 Å². The van der Waals surface area contributed by atoms with E-state index in [1.54, 1.807) is 19.1 Å². The Morgan fingerprint density at radius 1 is 1.00 bits per heavy atom. The van der Waals surface area contributed by atoms with Gasteiger partial charge in [-0.3, -0.25) is 0 Å². The molecule has 0 saturated carbocycles. The van der Waals surface area contributed by atoms with Gasteiger partial charge in [0, 0.05) is 12.2 Å². The molecule has 0 amide bonds. The fraction of sp³-hybridized carbons (Fsp3) is 0.200. The minimum absolute atomic E-state index is 0.295. The van der Waals surface area contributed by atoms with E-state index >= 15 is 0 Å². The Hall–Kier alpha value is -2.04. The highest BCUT2D eigenvalue weighted by molar-refractivity contribution is 5.45. The summed E-state index contributed by atoms with van der Waals surface area (Å²) in [4.78, 5) is 0. The first-order valence-corrected chi connectivity index (χ1v) is 6.02. The summed E-state index contributed by atoms with van der Waals surface area (Å²) in [6.07, 6.45) is -4.33. The Morgan fingerprint density at radius 3 is 2.20 bits per heavy atom. The van der Waals surface area contributed by atoms with Gasteiger partial charge in [-0.25, -0.2) is 4.39 Å². The monoisotopic (exact) mass is 283 g/mol. The molecule has 0 bridgehead atoms. The molecule has 0 fully saturated rings. The lowest BCUT2D eigenvalue weighted by molar-refractivity contribution is -0.137. The van der Waals surface area contributed by atoms with E-state index in [4.69, 9.17) is 0 Å². The Kier molecular flexibility index (Phi) is 3.97. The van der Waals surface area contributed by atoms with Gasteiger partial charge in [-0.2, -0.15) is 13.2 Å². The van der Waals surface area contributed by atoms with Gasteiger partial charge in [0.05, 0.1) is 5.56 Å². The van der Waals surface area contributed by atoms with Gasteiger partial charge in [-0.15, -0.1) is 0 Å². The molecule has 0 aliphatic carbocycles. The van der Waals surface area contributed by atoms with Gasteiger partial charge < -0.3 is 5.32 Å². The van der Waals surface area contributed by atoms with E-state index in [1.165, 1.54) is 18.2 Å². The molecule has 0 unspecified atom stereocenters. The van der Waals surface area contributed by atoms with Crippen molar-refractivity contribution in [2.45, 2.75) is 19.6 Å². The van der Waals surface area contributed by atoms with E-state index in [2.05, 4.69) is 5.32 Å². The summed E-state index contributed by atoms with van der Waals surface area (Å²) in [7, 11) is 0. The van der Waals surface area contributed by atoms with Crippen LogP contribution in [0, 0.1) is 12.7 Å². The predicted octanol–water partition coefficient (Wildman–Crippen LogP) is 4.77. The van der Waals surface area contributed by atoms with Gasteiger partial charge in [0.2, 0.25) is 0 Å². The van der Waals surface area contributed by atoms with Crippen LogP contribution in [0.25, 0.3) is 0 Å². The van der Waals surface area contributed by atoms with Gasteiger partial charge in [0.25, 0.3) is 0 Å². The van der Waals surface area contributed by atoms with Crippen molar-refractivity contribution in [2.24, 2.45) is 0 Å². The standard InChI is InChI=1S/C15H13F4N/c1-10-2-3-11(8-14(10)16)9-20-13-6-4-12(5-7-13)15(17,18)19/h2-8,20H,9H2,1H3. The molecular formula is C15H13F4N. The number of anilines is 1. The van der Waals surface area contributed by atoms with Gasteiger partial charge in [0.15, 0.2) is 0 Å². The van der Waals surface area contributed by atoms with Crippen LogP contribution in [0.5, 0.6) is 0 Å². The van der Waals surface area contributed by atoms with E-state index in [0.717, 1.165) is 17.7 Å². The predicted molar refractivity (Wildman–Crippen MR) is 69.9 cm³/mol. The van der Waals surface area contributed by atoms with E-state index in [0.29, 0.717) is 17.8 Å². The summed E-state index contributed by atoms with van der Waals surface area (Å²) in [5.41, 5.74) is 1.15. The first-order valence-electron chi connectivity index (χ1n) is 6.02. The van der Waals surface area contributed by atoms with Gasteiger partial charge in [-0.1, -0.05) is 12.1 Å². The lowest BCUT2D eigenvalue weighted by atomic mass is 10.1. The van der Waals surface area contributed by atoms with Crippen LogP contribution in [0.1, 0.15) is 16.7 Å². The Labute approximate surface area is 114 Å². The van der Waals surface area contributed by atoms with Crippen molar-refractivity contribution in [1.29, 1.82) is 0 Å². The van der Waals surface area contributed by atoms with E-state index in [1.807, 2.05) is 0 Å². The summed E-state index contributed by atoms with van der Waals surface area (Å²) in [6.45, 7) is 2.02. The smallest absolute Gasteiger partial charge is 0.381 e. The number of hydrogen-bond donors (Lipinski definition) is 1. The largest absolute Gasteiger partial charge is 0.416 e. The average molecular weight is 283 g/mol. The van der Waals surface area contributed by atoms with Gasteiger partial charge >= 0.3 is 6.18 Å². The van der Waals surface area contributed by atoms with Crippen molar-refractivity contribution in [2.75, 3.05) is 5.32 Å². The Balaban J connectivity index is 2.02. The van der Waals surface area contributed by atoms with Crippen molar-refractivity contribution in [3.05, 3.63) is 65.0 Å². The summed E-state index contributed by atoms with van der Waals surface area (Å²) in [6, 6.07) is 9.58. The molecule has 0 atom stereocenters. The van der Waals surface area contributed by atoms with Crippen LogP contribution in [0.2, 0.25) is 0 Å². The topological polar surface area (TPSA) is 12.0 Å². The molecule has 2 rings (SSSR count). The number of hydrogen-bond acceptors (Lipinski definition) is 1. The summed E-state index contributed by atoms with van der Waals surface area (Å²) in [5.74, 6) is -0.295. The highest BCUT2D eigenvalue weighted by Gasteiger charge is 2.29. The summed E-state index contributed by atoms with van der Waals surface area (Å²) in [5, 5.41) is 2.95. The van der Waals surface area contributed by atoms with E-state index in [-0.39, 0.29) is 5.82 Å². The number of aryl methyl sites for hydroxylation is 1. The van der Waals surface area contributed by atoms with Crippen molar-refractivity contribution in [3.63, 3.8) is 0 Å². The number of rotatable bonds is 3. The maximum atomic E-state index is 13.3. The molecule has 0 aliphatic rings. The van der Waals surface area contributed by atoms with Crippen LogP contribution in [0.15, 0.2) is 42.5 Å². The molecule has 2 aromatic rings. The highest BCUT2D eigenvalue weighted by atomic mass is 19.4. The third kappa shape index (κ3) is 3.50. The van der Waals surface area contributed by atoms with Crippen LogP contribution >= 0.6 is 0 Å². The molecule has 5 heteroatoms. The van der Waals surface area contributed by atoms with Crippen molar-refractivity contribution in [3.8, 4) is 0 Å². The molecule has 0 spiro atoms. The summed E-state index contributed by atoms with van der Waals surface area (Å²) < 4.78 is 50.5. The van der Waals surface area contributed by atoms with Crippen molar-refractivity contribution in [1.82, 2.24) is 0 Å². The minimum Gasteiger partial charge on any atom is -0.381 e. The van der Waals surface area contributed by atoms with Crippen molar-refractivity contribution >= 4 is 5.69 Å². The summed E-state index contributed by atoms with van der Waals surface area (Å²) >= 11 is 0. The zero-order valence-corrected chi connectivity index (χ0v) is 10.8. The number of halogens is 4. The maximum Gasteiger partial charge on any atom is 0.416 e. The molecule has 20 heavy (non-hydrogen) atoms. The van der Waals surface area contributed by atoms with Crippen molar-refractivity contribution < 1.29 is 17.6 Å². The number of alkyl halides is 3. The quantitative estimate of drug-likeness (QED) is 0.800. The fourth-order valence-corrected chi connectivity index (χ4v) is 1.73. The molecule has 2 aromatic carbocycles. The van der Waals surface area contributed by atoms with Gasteiger partial charge in [0.1, 0.15) is 5.82 Å². The first-order chi connectivity index (χ1) is 9.36. The van der Waals surface area contributed by atoms with Crippen LogP contribution in [-0.2, 0) is 12.7 Å². The fourth-order valence-electron chi connectivity index (χ4n) is 1.73. The Bertz CT molecular complexity index is 588. The second kappa shape index (κ2) is 5.53. The lowest BCUT2D eigenvalue weighted by Gasteiger charge is -2.10. The second-order valence-electron chi connectivity index (χ2n) is 4.51. The van der Waals surface area contributed by atoms with E-state index in [9.17, 15) is 17.6 Å². The third-order valence-corrected chi connectivity index (χ3v) is 2.95. The first kappa shape index (κ1) is 14.4. The van der Waals surface area contributed by atoms with Crippen LogP contribution < -0.4 is 5.32 Å². The SMILES string of the molecule is Cc1ccc(CNc2ccc(C(F)(F)F)cc2)cc1F. The molecule has 1 nitrogen and oxygen atoms in total. The highest BCUT2D eigenvalue weighted by Crippen LogP contribution is 2.29. The lowest BCUT2D eigenvalue weighted by Crippen LogP contribution is -2.05. The van der Waals surface area contributed by atoms with Crippen LogP contribution in [-0.4, -0.2) is 0 Å². The zero-order valence-electron chi connectivity index (χ0n) is 10.8. The normalized spacial score (nSPS) is 11.4.